The Morgan fingerprint density at radius 2 is 1.49 bits per heavy atom. The van der Waals surface area contributed by atoms with Crippen molar-refractivity contribution in [1.29, 1.82) is 0 Å². The van der Waals surface area contributed by atoms with Gasteiger partial charge in [0.2, 0.25) is 10.0 Å². The molecule has 37 heavy (non-hydrogen) atoms. The van der Waals surface area contributed by atoms with Gasteiger partial charge in [0.1, 0.15) is 0 Å². The van der Waals surface area contributed by atoms with Crippen LogP contribution in [0.15, 0.2) is 66.7 Å². The van der Waals surface area contributed by atoms with Crippen LogP contribution in [-0.4, -0.2) is 44.5 Å². The number of hydrogen-bond acceptors (Lipinski definition) is 4. The summed E-state index contributed by atoms with van der Waals surface area (Å²) in [5.41, 5.74) is 4.55. The second kappa shape index (κ2) is 11.2. The Balaban J connectivity index is 1.51. The van der Waals surface area contributed by atoms with Crippen molar-refractivity contribution in [2.45, 2.75) is 39.7 Å². The molecular weight excluding hydrogens is 486 g/mol. The summed E-state index contributed by atoms with van der Waals surface area (Å²) < 4.78 is 26.7. The summed E-state index contributed by atoms with van der Waals surface area (Å²) in [6.45, 7) is 5.40. The first-order valence-electron chi connectivity index (χ1n) is 12.5. The lowest BCUT2D eigenvalue weighted by molar-refractivity contribution is 0.0725. The number of carbonyl (C=O) groups excluding carboxylic acids is 2. The maximum Gasteiger partial charge on any atom is 0.255 e. The van der Waals surface area contributed by atoms with Gasteiger partial charge in [0.15, 0.2) is 0 Å². The average Bonchev–Trinajstić information content (AvgIpc) is 2.88. The Bertz CT molecular complexity index is 1370. The van der Waals surface area contributed by atoms with Crippen molar-refractivity contribution >= 4 is 33.2 Å². The largest absolute Gasteiger partial charge is 0.339 e. The minimum Gasteiger partial charge on any atom is -0.339 e. The molecule has 7 nitrogen and oxygen atoms in total. The fraction of sp³-hybridized carbons (Fsp3) is 0.310. The Kier molecular flexibility index (Phi) is 7.97. The second-order valence-corrected chi connectivity index (χ2v) is 11.5. The van der Waals surface area contributed by atoms with Crippen molar-refractivity contribution in [2.24, 2.45) is 0 Å². The molecule has 8 heteroatoms. The summed E-state index contributed by atoms with van der Waals surface area (Å²) in [5, 5.41) is 2.88. The van der Waals surface area contributed by atoms with E-state index in [1.807, 2.05) is 36.9 Å². The maximum atomic E-state index is 13.1. The topological polar surface area (TPSA) is 86.8 Å². The summed E-state index contributed by atoms with van der Waals surface area (Å²) in [6.07, 6.45) is 4.31. The number of benzene rings is 3. The molecule has 0 aromatic heterocycles. The molecule has 3 aromatic rings. The number of aryl methyl sites for hydroxylation is 2. The van der Waals surface area contributed by atoms with Crippen LogP contribution in [0.2, 0.25) is 0 Å². The van der Waals surface area contributed by atoms with E-state index in [2.05, 4.69) is 5.32 Å². The van der Waals surface area contributed by atoms with Crippen molar-refractivity contribution < 1.29 is 18.0 Å². The standard InChI is InChI=1S/C29H33N3O4S/c1-21-10-9-11-22(2)27(21)32(37(3,35)36)20-23-14-16-24(17-15-23)28(33)30-26-13-6-5-12-25(26)29(34)31-18-7-4-8-19-31/h5-6,9-17H,4,7-8,18-20H2,1-3H3,(H,30,33). The predicted molar refractivity (Wildman–Crippen MR) is 148 cm³/mol. The van der Waals surface area contributed by atoms with Gasteiger partial charge in [-0.1, -0.05) is 42.5 Å². The predicted octanol–water partition coefficient (Wildman–Crippen LogP) is 5.15. The lowest BCUT2D eigenvalue weighted by Gasteiger charge is -2.27. The van der Waals surface area contributed by atoms with E-state index in [-0.39, 0.29) is 18.4 Å². The van der Waals surface area contributed by atoms with Crippen LogP contribution >= 0.6 is 0 Å². The van der Waals surface area contributed by atoms with Crippen LogP contribution in [0.5, 0.6) is 0 Å². The van der Waals surface area contributed by atoms with E-state index in [4.69, 9.17) is 0 Å². The van der Waals surface area contributed by atoms with Crippen molar-refractivity contribution in [3.8, 4) is 0 Å². The summed E-state index contributed by atoms with van der Waals surface area (Å²) in [6, 6.07) is 19.6. The van der Waals surface area contributed by atoms with Crippen molar-refractivity contribution in [1.82, 2.24) is 4.90 Å². The Morgan fingerprint density at radius 1 is 0.865 bits per heavy atom. The molecule has 1 heterocycles. The number of rotatable bonds is 7. The van der Waals surface area contributed by atoms with Gasteiger partial charge in [-0.2, -0.15) is 0 Å². The molecule has 1 aliphatic heterocycles. The Hall–Kier alpha value is -3.65. The number of nitrogens with zero attached hydrogens (tertiary/aromatic N) is 2. The number of nitrogens with one attached hydrogen (secondary N) is 1. The van der Waals surface area contributed by atoms with Gasteiger partial charge in [-0.3, -0.25) is 13.9 Å². The fourth-order valence-electron chi connectivity index (χ4n) is 4.73. The number of hydrogen-bond donors (Lipinski definition) is 1. The molecule has 194 valence electrons. The first-order valence-corrected chi connectivity index (χ1v) is 14.3. The smallest absolute Gasteiger partial charge is 0.255 e. The number of piperidine rings is 1. The van der Waals surface area contributed by atoms with Crippen LogP contribution in [0.25, 0.3) is 0 Å². The third-order valence-corrected chi connectivity index (χ3v) is 7.79. The van der Waals surface area contributed by atoms with Gasteiger partial charge < -0.3 is 10.2 Å². The number of sulfonamides is 1. The van der Waals surface area contributed by atoms with Crippen molar-refractivity contribution in [2.75, 3.05) is 29.0 Å². The molecule has 0 bridgehead atoms. The average molecular weight is 520 g/mol. The molecule has 0 spiro atoms. The van der Waals surface area contributed by atoms with Crippen LogP contribution < -0.4 is 9.62 Å². The highest BCUT2D eigenvalue weighted by Crippen LogP contribution is 2.28. The van der Waals surface area contributed by atoms with Gasteiger partial charge >= 0.3 is 0 Å². The highest BCUT2D eigenvalue weighted by molar-refractivity contribution is 7.92. The molecule has 0 radical (unpaired) electrons. The molecule has 0 aliphatic carbocycles. The molecular formula is C29H33N3O4S. The van der Waals surface area contributed by atoms with Crippen molar-refractivity contribution in [3.63, 3.8) is 0 Å². The fourth-order valence-corrected chi connectivity index (χ4v) is 5.73. The first kappa shape index (κ1) is 26.4. The monoisotopic (exact) mass is 519 g/mol. The zero-order valence-electron chi connectivity index (χ0n) is 21.5. The molecule has 2 amide bonds. The van der Waals surface area contributed by atoms with Gasteiger partial charge in [-0.15, -0.1) is 0 Å². The maximum absolute atomic E-state index is 13.1. The number of amides is 2. The molecule has 1 aliphatic rings. The van der Waals surface area contributed by atoms with Crippen LogP contribution in [-0.2, 0) is 16.6 Å². The lowest BCUT2D eigenvalue weighted by atomic mass is 10.1. The molecule has 1 fully saturated rings. The molecule has 0 saturated carbocycles. The second-order valence-electron chi connectivity index (χ2n) is 9.56. The summed E-state index contributed by atoms with van der Waals surface area (Å²) in [7, 11) is -3.53. The lowest BCUT2D eigenvalue weighted by Crippen LogP contribution is -2.36. The first-order chi connectivity index (χ1) is 17.6. The van der Waals surface area contributed by atoms with Crippen LogP contribution in [0, 0.1) is 13.8 Å². The third kappa shape index (κ3) is 6.20. The number of anilines is 2. The minimum absolute atomic E-state index is 0.0710. The van der Waals surface area contributed by atoms with Crippen LogP contribution in [0.1, 0.15) is 56.7 Å². The highest BCUT2D eigenvalue weighted by Gasteiger charge is 2.23. The third-order valence-electron chi connectivity index (χ3n) is 6.68. The SMILES string of the molecule is Cc1cccc(C)c1N(Cc1ccc(C(=O)Nc2ccccc2C(=O)N2CCCCC2)cc1)S(C)(=O)=O. The number of likely N-dealkylation sites (tertiary alicyclic amines) is 1. The van der Waals surface area contributed by atoms with E-state index in [1.54, 1.807) is 48.5 Å². The molecule has 1 N–H and O–H groups in total. The number of para-hydroxylation sites is 2. The normalized spacial score (nSPS) is 13.8. The summed E-state index contributed by atoms with van der Waals surface area (Å²) in [4.78, 5) is 27.9. The van der Waals surface area contributed by atoms with E-state index >= 15 is 0 Å². The van der Waals surface area contributed by atoms with E-state index in [1.165, 1.54) is 10.6 Å². The summed E-state index contributed by atoms with van der Waals surface area (Å²) >= 11 is 0. The van der Waals surface area contributed by atoms with Gasteiger partial charge in [0.25, 0.3) is 11.8 Å². The van der Waals surface area contributed by atoms with Crippen molar-refractivity contribution in [3.05, 3.63) is 94.5 Å². The molecule has 4 rings (SSSR count). The van der Waals surface area contributed by atoms with E-state index in [0.29, 0.717) is 22.5 Å². The van der Waals surface area contributed by atoms with E-state index in [9.17, 15) is 18.0 Å². The molecule has 0 atom stereocenters. The van der Waals surface area contributed by atoms with E-state index in [0.717, 1.165) is 49.0 Å². The molecule has 0 unspecified atom stereocenters. The molecule has 3 aromatic carbocycles. The summed E-state index contributed by atoms with van der Waals surface area (Å²) in [5.74, 6) is -0.404. The highest BCUT2D eigenvalue weighted by atomic mass is 32.2. The Labute approximate surface area is 219 Å². The van der Waals surface area contributed by atoms with Gasteiger partial charge in [0.05, 0.1) is 29.7 Å². The van der Waals surface area contributed by atoms with Gasteiger partial charge in [0, 0.05) is 18.7 Å². The zero-order chi connectivity index (χ0) is 26.6. The van der Waals surface area contributed by atoms with Crippen LogP contribution in [0.4, 0.5) is 11.4 Å². The zero-order valence-corrected chi connectivity index (χ0v) is 22.3. The van der Waals surface area contributed by atoms with Crippen LogP contribution in [0.3, 0.4) is 0 Å². The minimum atomic E-state index is -3.53. The molecule has 1 saturated heterocycles. The van der Waals surface area contributed by atoms with Gasteiger partial charge in [-0.05, 0) is 74.1 Å². The number of carbonyl (C=O) groups is 2. The quantitative estimate of drug-likeness (QED) is 0.468. The van der Waals surface area contributed by atoms with E-state index < -0.39 is 10.0 Å². The van der Waals surface area contributed by atoms with Gasteiger partial charge in [-0.25, -0.2) is 8.42 Å². The Morgan fingerprint density at radius 3 is 2.11 bits per heavy atom.